The standard InChI is InChI=1S/C16H18BrN3O/c1-4-11-8-12(17)5-6-14(11)20-16(21)13-9-19-10(2)7-15(13)18-3/h5-9H,4H2,1-3H3,(H,18,19)(H,20,21). The van der Waals surface area contributed by atoms with Gasteiger partial charge in [-0.25, -0.2) is 0 Å². The lowest BCUT2D eigenvalue weighted by molar-refractivity contribution is 0.102. The van der Waals surface area contributed by atoms with E-state index in [1.54, 1.807) is 13.2 Å². The first kappa shape index (κ1) is 15.5. The Morgan fingerprint density at radius 1 is 1.29 bits per heavy atom. The molecule has 0 bridgehead atoms. The van der Waals surface area contributed by atoms with Gasteiger partial charge in [0.1, 0.15) is 0 Å². The van der Waals surface area contributed by atoms with Crippen LogP contribution in [0.15, 0.2) is 34.9 Å². The van der Waals surface area contributed by atoms with Gasteiger partial charge in [0.25, 0.3) is 5.91 Å². The molecule has 1 heterocycles. The van der Waals surface area contributed by atoms with Crippen LogP contribution in [0.4, 0.5) is 11.4 Å². The van der Waals surface area contributed by atoms with Crippen molar-refractivity contribution >= 4 is 33.2 Å². The van der Waals surface area contributed by atoms with Gasteiger partial charge < -0.3 is 10.6 Å². The van der Waals surface area contributed by atoms with E-state index in [1.165, 1.54) is 0 Å². The lowest BCUT2D eigenvalue weighted by Crippen LogP contribution is -2.15. The summed E-state index contributed by atoms with van der Waals surface area (Å²) in [6, 6.07) is 7.70. The number of carbonyl (C=O) groups is 1. The van der Waals surface area contributed by atoms with Crippen LogP contribution in [0.1, 0.15) is 28.5 Å². The fraction of sp³-hybridized carbons (Fsp3) is 0.250. The van der Waals surface area contributed by atoms with Gasteiger partial charge >= 0.3 is 0 Å². The van der Waals surface area contributed by atoms with E-state index in [-0.39, 0.29) is 5.91 Å². The van der Waals surface area contributed by atoms with Crippen LogP contribution >= 0.6 is 15.9 Å². The summed E-state index contributed by atoms with van der Waals surface area (Å²) >= 11 is 3.45. The number of benzene rings is 1. The van der Waals surface area contributed by atoms with Crippen molar-refractivity contribution in [1.29, 1.82) is 0 Å². The highest BCUT2D eigenvalue weighted by molar-refractivity contribution is 9.10. The van der Waals surface area contributed by atoms with Gasteiger partial charge in [-0.1, -0.05) is 22.9 Å². The third kappa shape index (κ3) is 3.61. The molecule has 0 saturated heterocycles. The van der Waals surface area contributed by atoms with E-state index in [9.17, 15) is 4.79 Å². The first-order valence-corrected chi connectivity index (χ1v) is 7.58. The van der Waals surface area contributed by atoms with Crippen LogP contribution in [0.3, 0.4) is 0 Å². The Bertz CT molecular complexity index is 671. The maximum Gasteiger partial charge on any atom is 0.259 e. The van der Waals surface area contributed by atoms with Crippen molar-refractivity contribution in [2.75, 3.05) is 17.7 Å². The minimum absolute atomic E-state index is 0.163. The van der Waals surface area contributed by atoms with Crippen molar-refractivity contribution in [2.24, 2.45) is 0 Å². The van der Waals surface area contributed by atoms with Crippen molar-refractivity contribution in [2.45, 2.75) is 20.3 Å². The Hall–Kier alpha value is -1.88. The van der Waals surface area contributed by atoms with Crippen LogP contribution in [-0.4, -0.2) is 17.9 Å². The topological polar surface area (TPSA) is 54.0 Å². The smallest absolute Gasteiger partial charge is 0.259 e. The maximum absolute atomic E-state index is 12.5. The Labute approximate surface area is 133 Å². The number of nitrogens with zero attached hydrogens (tertiary/aromatic N) is 1. The minimum Gasteiger partial charge on any atom is -0.387 e. The van der Waals surface area contributed by atoms with E-state index in [4.69, 9.17) is 0 Å². The molecular formula is C16H18BrN3O. The molecule has 0 radical (unpaired) electrons. The molecule has 0 aliphatic carbocycles. The highest BCUT2D eigenvalue weighted by Gasteiger charge is 2.13. The molecule has 110 valence electrons. The quantitative estimate of drug-likeness (QED) is 0.878. The Morgan fingerprint density at radius 3 is 2.71 bits per heavy atom. The number of hydrogen-bond donors (Lipinski definition) is 2. The lowest BCUT2D eigenvalue weighted by atomic mass is 10.1. The summed E-state index contributed by atoms with van der Waals surface area (Å²) in [6.45, 7) is 3.95. The second-order valence-corrected chi connectivity index (χ2v) is 5.65. The SMILES string of the molecule is CCc1cc(Br)ccc1NC(=O)c1cnc(C)cc1NC. The molecular weight excluding hydrogens is 330 g/mol. The van der Waals surface area contributed by atoms with Gasteiger partial charge in [-0.15, -0.1) is 0 Å². The van der Waals surface area contributed by atoms with Crippen molar-refractivity contribution in [1.82, 2.24) is 4.98 Å². The van der Waals surface area contributed by atoms with Crippen LogP contribution in [0, 0.1) is 6.92 Å². The van der Waals surface area contributed by atoms with Crippen LogP contribution in [0.5, 0.6) is 0 Å². The number of rotatable bonds is 4. The number of pyridine rings is 1. The number of nitrogens with one attached hydrogen (secondary N) is 2. The Balaban J connectivity index is 2.30. The molecule has 0 saturated carbocycles. The molecule has 1 amide bonds. The van der Waals surface area contributed by atoms with Crippen LogP contribution < -0.4 is 10.6 Å². The van der Waals surface area contributed by atoms with Gasteiger partial charge in [-0.05, 0) is 43.2 Å². The molecule has 5 heteroatoms. The molecule has 0 aliphatic rings. The predicted octanol–water partition coefficient (Wildman–Crippen LogP) is 4.01. The van der Waals surface area contributed by atoms with Gasteiger partial charge in [0.2, 0.25) is 0 Å². The number of aryl methyl sites for hydroxylation is 2. The molecule has 0 aliphatic heterocycles. The van der Waals surface area contributed by atoms with Crippen LogP contribution in [-0.2, 0) is 6.42 Å². The third-order valence-corrected chi connectivity index (χ3v) is 3.74. The highest BCUT2D eigenvalue weighted by Crippen LogP contribution is 2.23. The van der Waals surface area contributed by atoms with Crippen LogP contribution in [0.2, 0.25) is 0 Å². The number of hydrogen-bond acceptors (Lipinski definition) is 3. The third-order valence-electron chi connectivity index (χ3n) is 3.25. The summed E-state index contributed by atoms with van der Waals surface area (Å²) < 4.78 is 1.00. The van der Waals surface area contributed by atoms with Crippen molar-refractivity contribution in [3.8, 4) is 0 Å². The second-order valence-electron chi connectivity index (χ2n) is 4.73. The number of anilines is 2. The van der Waals surface area contributed by atoms with Crippen LogP contribution in [0.25, 0.3) is 0 Å². The Kier molecular flexibility index (Phi) is 4.96. The molecule has 4 nitrogen and oxygen atoms in total. The normalized spacial score (nSPS) is 10.3. The summed E-state index contributed by atoms with van der Waals surface area (Å²) in [5, 5.41) is 5.99. The molecule has 0 fully saturated rings. The highest BCUT2D eigenvalue weighted by atomic mass is 79.9. The van der Waals surface area contributed by atoms with E-state index in [1.807, 2.05) is 31.2 Å². The van der Waals surface area contributed by atoms with Crippen molar-refractivity contribution in [3.63, 3.8) is 0 Å². The van der Waals surface area contributed by atoms with E-state index in [0.717, 1.165) is 33.5 Å². The van der Waals surface area contributed by atoms with Crippen molar-refractivity contribution < 1.29 is 4.79 Å². The van der Waals surface area contributed by atoms with Gasteiger partial charge in [-0.2, -0.15) is 0 Å². The number of halogens is 1. The fourth-order valence-corrected chi connectivity index (χ4v) is 2.52. The van der Waals surface area contributed by atoms with Gasteiger partial charge in [0.15, 0.2) is 0 Å². The largest absolute Gasteiger partial charge is 0.387 e. The van der Waals surface area contributed by atoms with E-state index in [0.29, 0.717) is 5.56 Å². The number of aromatic nitrogens is 1. The molecule has 1 aromatic heterocycles. The number of carbonyl (C=O) groups excluding carboxylic acids is 1. The second kappa shape index (κ2) is 6.72. The zero-order valence-electron chi connectivity index (χ0n) is 12.3. The summed E-state index contributed by atoms with van der Waals surface area (Å²) in [4.78, 5) is 16.7. The van der Waals surface area contributed by atoms with E-state index < -0.39 is 0 Å². The monoisotopic (exact) mass is 347 g/mol. The van der Waals surface area contributed by atoms with Gasteiger partial charge in [0, 0.05) is 29.1 Å². The molecule has 21 heavy (non-hydrogen) atoms. The summed E-state index contributed by atoms with van der Waals surface area (Å²) in [6.07, 6.45) is 2.45. The first-order valence-electron chi connectivity index (χ1n) is 6.79. The maximum atomic E-state index is 12.5. The van der Waals surface area contributed by atoms with Gasteiger partial charge in [-0.3, -0.25) is 9.78 Å². The molecule has 2 rings (SSSR count). The lowest BCUT2D eigenvalue weighted by Gasteiger charge is -2.13. The summed E-state index contributed by atoms with van der Waals surface area (Å²) in [7, 11) is 1.79. The van der Waals surface area contributed by atoms with E-state index in [2.05, 4.69) is 38.5 Å². The van der Waals surface area contributed by atoms with Gasteiger partial charge in [0.05, 0.1) is 11.3 Å². The number of amides is 1. The molecule has 2 aromatic rings. The minimum atomic E-state index is -0.163. The molecule has 2 N–H and O–H groups in total. The average molecular weight is 348 g/mol. The summed E-state index contributed by atoms with van der Waals surface area (Å²) in [5.41, 5.74) is 4.09. The summed E-state index contributed by atoms with van der Waals surface area (Å²) in [5.74, 6) is -0.163. The molecule has 0 atom stereocenters. The molecule has 0 spiro atoms. The average Bonchev–Trinajstić information content (AvgIpc) is 2.48. The van der Waals surface area contributed by atoms with Crippen molar-refractivity contribution in [3.05, 3.63) is 51.8 Å². The van der Waals surface area contributed by atoms with E-state index >= 15 is 0 Å². The predicted molar refractivity (Wildman–Crippen MR) is 90.0 cm³/mol. The fourth-order valence-electron chi connectivity index (χ4n) is 2.11. The first-order chi connectivity index (χ1) is 10.0. The Morgan fingerprint density at radius 2 is 2.05 bits per heavy atom. The zero-order chi connectivity index (χ0) is 15.4. The zero-order valence-corrected chi connectivity index (χ0v) is 13.9. The molecule has 1 aromatic carbocycles. The molecule has 0 unspecified atom stereocenters.